The van der Waals surface area contributed by atoms with E-state index >= 15 is 0 Å². The minimum Gasteiger partial charge on any atom is -0.494 e. The zero-order valence-corrected chi connectivity index (χ0v) is 12.4. The van der Waals surface area contributed by atoms with Crippen molar-refractivity contribution >= 4 is 17.5 Å². The third kappa shape index (κ3) is 3.72. The van der Waals surface area contributed by atoms with Crippen molar-refractivity contribution in [3.8, 4) is 5.75 Å². The minimum atomic E-state index is -0.259. The summed E-state index contributed by atoms with van der Waals surface area (Å²) in [6.07, 6.45) is 3.85. The van der Waals surface area contributed by atoms with Gasteiger partial charge in [0.15, 0.2) is 0 Å². The first-order chi connectivity index (χ1) is 10.7. The van der Waals surface area contributed by atoms with Gasteiger partial charge in [-0.25, -0.2) is 9.97 Å². The standard InChI is InChI=1S/C16H18N4O2/c1-2-22-13-7-5-11(6-8-13)18-15(21)14-9-10-17-16(20-14)19-12-3-4-12/h5-10,12H,2-4H2,1H3,(H,18,21)(H,17,19,20). The largest absolute Gasteiger partial charge is 0.494 e. The van der Waals surface area contributed by atoms with Crippen LogP contribution in [0, 0.1) is 0 Å². The number of benzene rings is 1. The second-order valence-corrected chi connectivity index (χ2v) is 5.10. The molecule has 1 aromatic carbocycles. The Hall–Kier alpha value is -2.63. The van der Waals surface area contributed by atoms with E-state index in [0.29, 0.717) is 30.0 Å². The van der Waals surface area contributed by atoms with Gasteiger partial charge in [-0.15, -0.1) is 0 Å². The van der Waals surface area contributed by atoms with Crippen LogP contribution in [0.15, 0.2) is 36.5 Å². The van der Waals surface area contributed by atoms with Gasteiger partial charge in [0, 0.05) is 17.9 Å². The number of hydrogen-bond acceptors (Lipinski definition) is 5. The van der Waals surface area contributed by atoms with Gasteiger partial charge in [-0.1, -0.05) is 0 Å². The maximum Gasteiger partial charge on any atom is 0.274 e. The summed E-state index contributed by atoms with van der Waals surface area (Å²) in [6, 6.07) is 9.28. The SMILES string of the molecule is CCOc1ccc(NC(=O)c2ccnc(NC3CC3)n2)cc1. The Morgan fingerprint density at radius 3 is 2.73 bits per heavy atom. The van der Waals surface area contributed by atoms with Gasteiger partial charge in [-0.3, -0.25) is 4.79 Å². The van der Waals surface area contributed by atoms with E-state index in [1.165, 1.54) is 0 Å². The Bertz CT molecular complexity index is 653. The van der Waals surface area contributed by atoms with E-state index in [2.05, 4.69) is 20.6 Å². The molecule has 0 spiro atoms. The van der Waals surface area contributed by atoms with Crippen LogP contribution in [0.25, 0.3) is 0 Å². The molecule has 1 aliphatic rings. The lowest BCUT2D eigenvalue weighted by molar-refractivity contribution is 0.102. The highest BCUT2D eigenvalue weighted by atomic mass is 16.5. The van der Waals surface area contributed by atoms with Crippen molar-refractivity contribution in [1.29, 1.82) is 0 Å². The fourth-order valence-electron chi connectivity index (χ4n) is 1.96. The zero-order chi connectivity index (χ0) is 15.4. The first-order valence-corrected chi connectivity index (χ1v) is 7.38. The normalized spacial score (nSPS) is 13.5. The van der Waals surface area contributed by atoms with E-state index in [-0.39, 0.29) is 5.91 Å². The molecule has 1 fully saturated rings. The first kappa shape index (κ1) is 14.3. The molecule has 0 unspecified atom stereocenters. The molecule has 6 heteroatoms. The van der Waals surface area contributed by atoms with Gasteiger partial charge in [-0.05, 0) is 50.1 Å². The summed E-state index contributed by atoms with van der Waals surface area (Å²) < 4.78 is 5.37. The topological polar surface area (TPSA) is 76.1 Å². The molecule has 0 atom stereocenters. The number of rotatable bonds is 6. The predicted molar refractivity (Wildman–Crippen MR) is 84.2 cm³/mol. The van der Waals surface area contributed by atoms with Crippen molar-refractivity contribution < 1.29 is 9.53 Å². The van der Waals surface area contributed by atoms with Gasteiger partial charge in [0.1, 0.15) is 11.4 Å². The van der Waals surface area contributed by atoms with E-state index in [4.69, 9.17) is 4.74 Å². The van der Waals surface area contributed by atoms with E-state index in [0.717, 1.165) is 18.6 Å². The number of carbonyl (C=O) groups excluding carboxylic acids is 1. The van der Waals surface area contributed by atoms with Crippen LogP contribution in [-0.4, -0.2) is 28.5 Å². The summed E-state index contributed by atoms with van der Waals surface area (Å²) in [7, 11) is 0. The van der Waals surface area contributed by atoms with Crippen LogP contribution in [0.5, 0.6) is 5.75 Å². The van der Waals surface area contributed by atoms with Crippen molar-refractivity contribution in [2.75, 3.05) is 17.2 Å². The molecular formula is C16H18N4O2. The van der Waals surface area contributed by atoms with Gasteiger partial charge < -0.3 is 15.4 Å². The van der Waals surface area contributed by atoms with E-state index in [1.54, 1.807) is 24.4 Å². The van der Waals surface area contributed by atoms with Crippen LogP contribution in [0.2, 0.25) is 0 Å². The molecular weight excluding hydrogens is 280 g/mol. The van der Waals surface area contributed by atoms with Crippen molar-refractivity contribution in [2.24, 2.45) is 0 Å². The smallest absolute Gasteiger partial charge is 0.274 e. The van der Waals surface area contributed by atoms with E-state index in [1.807, 2.05) is 19.1 Å². The number of nitrogens with one attached hydrogen (secondary N) is 2. The second-order valence-electron chi connectivity index (χ2n) is 5.10. The molecule has 1 aromatic heterocycles. The molecule has 1 heterocycles. The molecule has 22 heavy (non-hydrogen) atoms. The van der Waals surface area contributed by atoms with Crippen molar-refractivity contribution in [2.45, 2.75) is 25.8 Å². The average molecular weight is 298 g/mol. The lowest BCUT2D eigenvalue weighted by Crippen LogP contribution is -2.15. The molecule has 0 radical (unpaired) electrons. The van der Waals surface area contributed by atoms with Crippen molar-refractivity contribution in [1.82, 2.24) is 9.97 Å². The molecule has 114 valence electrons. The lowest BCUT2D eigenvalue weighted by atomic mass is 10.3. The van der Waals surface area contributed by atoms with E-state index in [9.17, 15) is 4.79 Å². The Balaban J connectivity index is 1.65. The molecule has 2 N–H and O–H groups in total. The Labute approximate surface area is 128 Å². The first-order valence-electron chi connectivity index (χ1n) is 7.38. The molecule has 1 amide bonds. The number of amides is 1. The average Bonchev–Trinajstić information content (AvgIpc) is 3.34. The number of hydrogen-bond donors (Lipinski definition) is 2. The van der Waals surface area contributed by atoms with Gasteiger partial charge >= 0.3 is 0 Å². The molecule has 0 bridgehead atoms. The predicted octanol–water partition coefficient (Wildman–Crippen LogP) is 2.70. The molecule has 1 aliphatic carbocycles. The Kier molecular flexibility index (Phi) is 4.18. The fraction of sp³-hybridized carbons (Fsp3) is 0.312. The van der Waals surface area contributed by atoms with Gasteiger partial charge in [0.2, 0.25) is 5.95 Å². The van der Waals surface area contributed by atoms with Gasteiger partial charge in [0.05, 0.1) is 6.61 Å². The summed E-state index contributed by atoms with van der Waals surface area (Å²) in [4.78, 5) is 20.6. The van der Waals surface area contributed by atoms with Crippen LogP contribution in [-0.2, 0) is 0 Å². The molecule has 3 rings (SSSR count). The molecule has 0 aliphatic heterocycles. The highest BCUT2D eigenvalue weighted by molar-refractivity contribution is 6.02. The van der Waals surface area contributed by atoms with Crippen LogP contribution < -0.4 is 15.4 Å². The van der Waals surface area contributed by atoms with Crippen LogP contribution in [0.4, 0.5) is 11.6 Å². The number of carbonyl (C=O) groups is 1. The summed E-state index contributed by atoms with van der Waals surface area (Å²) in [5, 5.41) is 5.99. The van der Waals surface area contributed by atoms with Gasteiger partial charge in [-0.2, -0.15) is 0 Å². The molecule has 6 nitrogen and oxygen atoms in total. The van der Waals surface area contributed by atoms with Gasteiger partial charge in [0.25, 0.3) is 5.91 Å². The third-order valence-corrected chi connectivity index (χ3v) is 3.22. The Morgan fingerprint density at radius 1 is 1.27 bits per heavy atom. The quantitative estimate of drug-likeness (QED) is 0.857. The van der Waals surface area contributed by atoms with Crippen LogP contribution in [0.3, 0.4) is 0 Å². The monoisotopic (exact) mass is 298 g/mol. The lowest BCUT2D eigenvalue weighted by Gasteiger charge is -2.08. The molecule has 2 aromatic rings. The highest BCUT2D eigenvalue weighted by Gasteiger charge is 2.22. The van der Waals surface area contributed by atoms with Crippen LogP contribution in [0.1, 0.15) is 30.3 Å². The summed E-state index contributed by atoms with van der Waals surface area (Å²) in [6.45, 7) is 2.54. The maximum absolute atomic E-state index is 12.2. The number of aromatic nitrogens is 2. The summed E-state index contributed by atoms with van der Waals surface area (Å²) in [5.74, 6) is 1.02. The second kappa shape index (κ2) is 6.43. The number of anilines is 2. The van der Waals surface area contributed by atoms with Crippen molar-refractivity contribution in [3.63, 3.8) is 0 Å². The third-order valence-electron chi connectivity index (χ3n) is 3.22. The van der Waals surface area contributed by atoms with Crippen molar-refractivity contribution in [3.05, 3.63) is 42.2 Å². The molecule has 0 saturated heterocycles. The Morgan fingerprint density at radius 2 is 2.05 bits per heavy atom. The number of ether oxygens (including phenoxy) is 1. The zero-order valence-electron chi connectivity index (χ0n) is 12.4. The maximum atomic E-state index is 12.2. The highest BCUT2D eigenvalue weighted by Crippen LogP contribution is 2.22. The number of nitrogens with zero attached hydrogens (tertiary/aromatic N) is 2. The fourth-order valence-corrected chi connectivity index (χ4v) is 1.96. The van der Waals surface area contributed by atoms with E-state index < -0.39 is 0 Å². The molecule has 1 saturated carbocycles. The summed E-state index contributed by atoms with van der Waals surface area (Å²) >= 11 is 0. The minimum absolute atomic E-state index is 0.259. The summed E-state index contributed by atoms with van der Waals surface area (Å²) in [5.41, 5.74) is 1.04. The van der Waals surface area contributed by atoms with Crippen LogP contribution >= 0.6 is 0 Å².